The number of nitrogens with zero attached hydrogens (tertiary/aromatic N) is 3. The molecule has 0 saturated carbocycles. The summed E-state index contributed by atoms with van der Waals surface area (Å²) in [6.45, 7) is 0.681. The maximum absolute atomic E-state index is 12.8. The summed E-state index contributed by atoms with van der Waals surface area (Å²) in [7, 11) is 1.53. The van der Waals surface area contributed by atoms with E-state index in [2.05, 4.69) is 10.2 Å². The highest BCUT2D eigenvalue weighted by molar-refractivity contribution is 6.32. The van der Waals surface area contributed by atoms with Gasteiger partial charge in [0.05, 0.1) is 23.9 Å². The maximum Gasteiger partial charge on any atom is 0.254 e. The van der Waals surface area contributed by atoms with Gasteiger partial charge in [-0.3, -0.25) is 4.79 Å². The minimum Gasteiger partial charge on any atom is -0.495 e. The Balaban J connectivity index is 1.87. The third kappa shape index (κ3) is 3.07. The van der Waals surface area contributed by atoms with Crippen molar-refractivity contribution in [3.05, 3.63) is 46.6 Å². The molecule has 120 valence electrons. The minimum absolute atomic E-state index is 0.0684. The molecular formula is C16H17ClN4O2. The number of halogens is 1. The molecule has 0 radical (unpaired) electrons. The molecule has 1 aliphatic rings. The molecule has 2 heterocycles. The van der Waals surface area contributed by atoms with E-state index in [1.165, 1.54) is 7.11 Å². The summed E-state index contributed by atoms with van der Waals surface area (Å²) in [6, 6.07) is 8.47. The molecule has 1 aromatic carbocycles. The van der Waals surface area contributed by atoms with Crippen molar-refractivity contribution < 1.29 is 9.53 Å². The molecule has 1 aromatic heterocycles. The van der Waals surface area contributed by atoms with Gasteiger partial charge in [0.15, 0.2) is 0 Å². The van der Waals surface area contributed by atoms with Crippen molar-refractivity contribution in [2.75, 3.05) is 19.4 Å². The lowest BCUT2D eigenvalue weighted by Gasteiger charge is -2.24. The molecule has 3 rings (SSSR count). The predicted octanol–water partition coefficient (Wildman–Crippen LogP) is 2.70. The first-order valence-corrected chi connectivity index (χ1v) is 7.71. The van der Waals surface area contributed by atoms with Crippen LogP contribution >= 0.6 is 11.6 Å². The zero-order chi connectivity index (χ0) is 16.4. The number of carbonyl (C=O) groups excluding carboxylic acids is 1. The fraction of sp³-hybridized carbons (Fsp3) is 0.312. The maximum atomic E-state index is 12.8. The van der Waals surface area contributed by atoms with Gasteiger partial charge >= 0.3 is 0 Å². The number of hydrogen-bond acceptors (Lipinski definition) is 5. The Morgan fingerprint density at radius 3 is 2.87 bits per heavy atom. The Hall–Kier alpha value is -2.34. The van der Waals surface area contributed by atoms with Crippen molar-refractivity contribution in [1.82, 2.24) is 15.1 Å². The second-order valence-electron chi connectivity index (χ2n) is 5.39. The van der Waals surface area contributed by atoms with Crippen molar-refractivity contribution in [3.63, 3.8) is 0 Å². The lowest BCUT2D eigenvalue weighted by molar-refractivity contribution is 0.0732. The van der Waals surface area contributed by atoms with Gasteiger partial charge in [-0.15, -0.1) is 5.10 Å². The van der Waals surface area contributed by atoms with E-state index >= 15 is 0 Å². The predicted molar refractivity (Wildman–Crippen MR) is 87.5 cm³/mol. The number of ether oxygens (including phenoxy) is 1. The molecule has 7 heteroatoms. The lowest BCUT2D eigenvalue weighted by Crippen LogP contribution is -2.31. The highest BCUT2D eigenvalue weighted by Gasteiger charge is 2.32. The number of hydrogen-bond donors (Lipinski definition) is 1. The molecule has 1 fully saturated rings. The van der Waals surface area contributed by atoms with Crippen LogP contribution < -0.4 is 10.5 Å². The number of amides is 1. The molecule has 23 heavy (non-hydrogen) atoms. The fourth-order valence-corrected chi connectivity index (χ4v) is 3.00. The fourth-order valence-electron chi connectivity index (χ4n) is 2.81. The normalized spacial score (nSPS) is 17.3. The Kier molecular flexibility index (Phi) is 4.34. The SMILES string of the molecule is COc1cc(C(=O)N2CCCC2c2ccc(N)nn2)ccc1Cl. The highest BCUT2D eigenvalue weighted by atomic mass is 35.5. The molecule has 1 amide bonds. The summed E-state index contributed by atoms with van der Waals surface area (Å²) >= 11 is 6.02. The minimum atomic E-state index is -0.0859. The molecule has 2 aromatic rings. The van der Waals surface area contributed by atoms with Gasteiger partial charge in [-0.1, -0.05) is 11.6 Å². The van der Waals surface area contributed by atoms with Crippen LogP contribution in [-0.2, 0) is 0 Å². The number of anilines is 1. The lowest BCUT2D eigenvalue weighted by atomic mass is 10.1. The summed E-state index contributed by atoms with van der Waals surface area (Å²) in [5, 5.41) is 8.48. The number of aromatic nitrogens is 2. The van der Waals surface area contributed by atoms with E-state index in [0.717, 1.165) is 18.5 Å². The number of nitrogen functional groups attached to an aromatic ring is 1. The molecule has 0 bridgehead atoms. The van der Waals surface area contributed by atoms with Crippen LogP contribution in [0.25, 0.3) is 0 Å². The number of rotatable bonds is 3. The van der Waals surface area contributed by atoms with Gasteiger partial charge in [0.2, 0.25) is 0 Å². The zero-order valence-electron chi connectivity index (χ0n) is 12.7. The van der Waals surface area contributed by atoms with Crippen LogP contribution in [0.2, 0.25) is 5.02 Å². The number of methoxy groups -OCH3 is 1. The topological polar surface area (TPSA) is 81.3 Å². The molecule has 1 aliphatic heterocycles. The summed E-state index contributed by atoms with van der Waals surface area (Å²) in [6.07, 6.45) is 1.78. The van der Waals surface area contributed by atoms with Crippen molar-refractivity contribution in [2.24, 2.45) is 0 Å². The van der Waals surface area contributed by atoms with E-state index in [-0.39, 0.29) is 11.9 Å². The van der Waals surface area contributed by atoms with Crippen LogP contribution in [0.1, 0.15) is 34.9 Å². The van der Waals surface area contributed by atoms with E-state index in [9.17, 15) is 4.79 Å². The first-order chi connectivity index (χ1) is 11.1. The van der Waals surface area contributed by atoms with E-state index in [0.29, 0.717) is 28.7 Å². The number of likely N-dealkylation sites (tertiary alicyclic amines) is 1. The molecule has 2 N–H and O–H groups in total. The summed E-state index contributed by atoms with van der Waals surface area (Å²) < 4.78 is 5.18. The number of nitrogens with two attached hydrogens (primary N) is 1. The van der Waals surface area contributed by atoms with Crippen LogP contribution in [0, 0.1) is 0 Å². The van der Waals surface area contributed by atoms with Gasteiger partial charge in [0.1, 0.15) is 11.6 Å². The first-order valence-electron chi connectivity index (χ1n) is 7.34. The quantitative estimate of drug-likeness (QED) is 0.934. The number of carbonyl (C=O) groups is 1. The smallest absolute Gasteiger partial charge is 0.254 e. The van der Waals surface area contributed by atoms with Gasteiger partial charge < -0.3 is 15.4 Å². The Labute approximate surface area is 139 Å². The van der Waals surface area contributed by atoms with Gasteiger partial charge in [-0.25, -0.2) is 0 Å². The number of benzene rings is 1. The molecule has 1 atom stereocenters. The van der Waals surface area contributed by atoms with Crippen molar-refractivity contribution >= 4 is 23.3 Å². The molecule has 0 spiro atoms. The van der Waals surface area contributed by atoms with Gasteiger partial charge in [0.25, 0.3) is 5.91 Å². The second-order valence-corrected chi connectivity index (χ2v) is 5.80. The highest BCUT2D eigenvalue weighted by Crippen LogP contribution is 2.33. The average Bonchev–Trinajstić information content (AvgIpc) is 3.05. The van der Waals surface area contributed by atoms with Crippen LogP contribution in [-0.4, -0.2) is 34.7 Å². The standard InChI is InChI=1S/C16H17ClN4O2/c1-23-14-9-10(4-5-11(14)17)16(22)21-8-2-3-13(21)12-6-7-15(18)20-19-12/h4-7,9,13H,2-3,8H2,1H3,(H2,18,20). The Bertz CT molecular complexity index is 721. The van der Waals surface area contributed by atoms with E-state index in [1.54, 1.807) is 24.3 Å². The monoisotopic (exact) mass is 332 g/mol. The summed E-state index contributed by atoms with van der Waals surface area (Å²) in [5.74, 6) is 0.786. The molecule has 1 unspecified atom stereocenters. The van der Waals surface area contributed by atoms with Crippen LogP contribution in [0.15, 0.2) is 30.3 Å². The third-order valence-corrected chi connectivity index (χ3v) is 4.27. The average molecular weight is 333 g/mol. The molecular weight excluding hydrogens is 316 g/mol. The zero-order valence-corrected chi connectivity index (χ0v) is 13.5. The largest absolute Gasteiger partial charge is 0.495 e. The third-order valence-electron chi connectivity index (χ3n) is 3.96. The Morgan fingerprint density at radius 1 is 1.35 bits per heavy atom. The van der Waals surface area contributed by atoms with E-state index in [4.69, 9.17) is 22.1 Å². The van der Waals surface area contributed by atoms with E-state index in [1.807, 2.05) is 11.0 Å². The van der Waals surface area contributed by atoms with Gasteiger partial charge in [-0.2, -0.15) is 5.10 Å². The summed E-state index contributed by atoms with van der Waals surface area (Å²) in [5.41, 5.74) is 6.88. The molecule has 1 saturated heterocycles. The Morgan fingerprint density at radius 2 is 2.17 bits per heavy atom. The second kappa shape index (κ2) is 6.42. The van der Waals surface area contributed by atoms with E-state index < -0.39 is 0 Å². The van der Waals surface area contributed by atoms with Crippen LogP contribution in [0.4, 0.5) is 5.82 Å². The van der Waals surface area contributed by atoms with Gasteiger partial charge in [0, 0.05) is 12.1 Å². The van der Waals surface area contributed by atoms with Crippen molar-refractivity contribution in [1.29, 1.82) is 0 Å². The molecule has 0 aliphatic carbocycles. The van der Waals surface area contributed by atoms with Crippen molar-refractivity contribution in [2.45, 2.75) is 18.9 Å². The summed E-state index contributed by atoms with van der Waals surface area (Å²) in [4.78, 5) is 14.6. The van der Waals surface area contributed by atoms with Crippen molar-refractivity contribution in [3.8, 4) is 5.75 Å². The van der Waals surface area contributed by atoms with Crippen LogP contribution in [0.5, 0.6) is 5.75 Å². The van der Waals surface area contributed by atoms with Crippen LogP contribution in [0.3, 0.4) is 0 Å². The first kappa shape index (κ1) is 15.6. The van der Waals surface area contributed by atoms with Gasteiger partial charge in [-0.05, 0) is 43.2 Å². The molecule has 6 nitrogen and oxygen atoms in total.